The van der Waals surface area contributed by atoms with Gasteiger partial charge in [-0.25, -0.2) is 0 Å². The Hall–Kier alpha value is -0.610. The summed E-state index contributed by atoms with van der Waals surface area (Å²) < 4.78 is 0. The van der Waals surface area contributed by atoms with E-state index < -0.39 is 0 Å². The molecule has 0 radical (unpaired) electrons. The van der Waals surface area contributed by atoms with Crippen LogP contribution in [0.1, 0.15) is 26.7 Å². The first-order chi connectivity index (χ1) is 8.19. The molecule has 0 aromatic heterocycles. The first kappa shape index (κ1) is 12.8. The van der Waals surface area contributed by atoms with Gasteiger partial charge >= 0.3 is 0 Å². The van der Waals surface area contributed by atoms with Crippen LogP contribution < -0.4 is 5.32 Å². The SMILES string of the molecule is CCC1(CC)CN(CC(=O)N2CCNCC2)C1. The fraction of sp³-hybridized carbons (Fsp3) is 0.923. The molecule has 0 aliphatic carbocycles. The third-order valence-electron chi connectivity index (χ3n) is 4.45. The minimum absolute atomic E-state index is 0.312. The van der Waals surface area contributed by atoms with Crippen LogP contribution in [-0.4, -0.2) is 61.5 Å². The molecule has 98 valence electrons. The van der Waals surface area contributed by atoms with Crippen LogP contribution in [0.15, 0.2) is 0 Å². The van der Waals surface area contributed by atoms with Gasteiger partial charge < -0.3 is 10.2 Å². The van der Waals surface area contributed by atoms with Gasteiger partial charge in [0.15, 0.2) is 0 Å². The molecule has 2 heterocycles. The maximum Gasteiger partial charge on any atom is 0.236 e. The molecule has 0 aromatic carbocycles. The van der Waals surface area contributed by atoms with Crippen molar-refractivity contribution >= 4 is 5.91 Å². The van der Waals surface area contributed by atoms with Gasteiger partial charge in [0.05, 0.1) is 6.54 Å². The molecule has 2 saturated heterocycles. The van der Waals surface area contributed by atoms with E-state index in [-0.39, 0.29) is 0 Å². The molecule has 0 aromatic rings. The molecule has 0 spiro atoms. The van der Waals surface area contributed by atoms with E-state index in [4.69, 9.17) is 0 Å². The standard InChI is InChI=1S/C13H25N3O/c1-3-13(4-2)10-15(11-13)9-12(17)16-7-5-14-6-8-16/h14H,3-11H2,1-2H3. The lowest BCUT2D eigenvalue weighted by molar-refractivity contribution is -0.136. The third-order valence-corrected chi connectivity index (χ3v) is 4.45. The van der Waals surface area contributed by atoms with Crippen molar-refractivity contribution in [2.24, 2.45) is 5.41 Å². The number of carbonyl (C=O) groups is 1. The number of hydrogen-bond acceptors (Lipinski definition) is 3. The lowest BCUT2D eigenvalue weighted by Crippen LogP contribution is -2.59. The fourth-order valence-corrected chi connectivity index (χ4v) is 2.92. The van der Waals surface area contributed by atoms with E-state index >= 15 is 0 Å². The summed E-state index contributed by atoms with van der Waals surface area (Å²) in [5, 5.41) is 3.27. The van der Waals surface area contributed by atoms with Gasteiger partial charge in [-0.3, -0.25) is 9.69 Å². The Morgan fingerprint density at radius 3 is 2.29 bits per heavy atom. The molecule has 1 amide bonds. The average Bonchev–Trinajstić information content (AvgIpc) is 2.34. The molecule has 0 bridgehead atoms. The quantitative estimate of drug-likeness (QED) is 0.778. The predicted octanol–water partition coefficient (Wildman–Crippen LogP) is 0.540. The van der Waals surface area contributed by atoms with Gasteiger partial charge in [-0.05, 0) is 18.3 Å². The molecule has 2 aliphatic rings. The molecule has 4 heteroatoms. The largest absolute Gasteiger partial charge is 0.339 e. The molecule has 0 saturated carbocycles. The van der Waals surface area contributed by atoms with E-state index in [1.807, 2.05) is 4.90 Å². The number of amides is 1. The summed E-state index contributed by atoms with van der Waals surface area (Å²) in [5.41, 5.74) is 0.504. The zero-order chi connectivity index (χ0) is 12.3. The van der Waals surface area contributed by atoms with Crippen LogP contribution in [-0.2, 0) is 4.79 Å². The monoisotopic (exact) mass is 239 g/mol. The smallest absolute Gasteiger partial charge is 0.236 e. The first-order valence-electron chi connectivity index (χ1n) is 6.90. The molecule has 2 rings (SSSR count). The maximum atomic E-state index is 12.0. The number of carbonyl (C=O) groups excluding carboxylic acids is 1. The predicted molar refractivity (Wildman–Crippen MR) is 68.9 cm³/mol. The molecule has 0 unspecified atom stereocenters. The van der Waals surface area contributed by atoms with Gasteiger partial charge in [-0.15, -0.1) is 0 Å². The van der Waals surface area contributed by atoms with Crippen LogP contribution in [0.2, 0.25) is 0 Å². The van der Waals surface area contributed by atoms with Crippen molar-refractivity contribution in [3.63, 3.8) is 0 Å². The molecule has 4 nitrogen and oxygen atoms in total. The number of rotatable bonds is 4. The number of likely N-dealkylation sites (tertiary alicyclic amines) is 1. The Labute approximate surface area is 104 Å². The van der Waals surface area contributed by atoms with Gasteiger partial charge in [0.1, 0.15) is 0 Å². The highest BCUT2D eigenvalue weighted by Gasteiger charge is 2.40. The highest BCUT2D eigenvalue weighted by atomic mass is 16.2. The minimum atomic E-state index is 0.312. The number of nitrogens with one attached hydrogen (secondary N) is 1. The Bertz CT molecular complexity index is 262. The third kappa shape index (κ3) is 2.80. The molecular formula is C13H25N3O. The minimum Gasteiger partial charge on any atom is -0.339 e. The van der Waals surface area contributed by atoms with E-state index in [0.717, 1.165) is 39.3 Å². The summed E-state index contributed by atoms with van der Waals surface area (Å²) >= 11 is 0. The summed E-state index contributed by atoms with van der Waals surface area (Å²) in [4.78, 5) is 16.3. The van der Waals surface area contributed by atoms with Gasteiger partial charge in [-0.1, -0.05) is 13.8 Å². The fourth-order valence-electron chi connectivity index (χ4n) is 2.92. The number of hydrogen-bond donors (Lipinski definition) is 1. The average molecular weight is 239 g/mol. The van der Waals surface area contributed by atoms with Gasteiger partial charge in [0, 0.05) is 39.3 Å². The molecule has 17 heavy (non-hydrogen) atoms. The van der Waals surface area contributed by atoms with Crippen molar-refractivity contribution in [3.05, 3.63) is 0 Å². The highest BCUT2D eigenvalue weighted by Crippen LogP contribution is 2.36. The Morgan fingerprint density at radius 2 is 1.76 bits per heavy atom. The second-order valence-corrected chi connectivity index (χ2v) is 5.48. The van der Waals surface area contributed by atoms with Crippen molar-refractivity contribution in [2.45, 2.75) is 26.7 Å². The topological polar surface area (TPSA) is 35.6 Å². The molecular weight excluding hydrogens is 214 g/mol. The Morgan fingerprint density at radius 1 is 1.18 bits per heavy atom. The summed E-state index contributed by atoms with van der Waals surface area (Å²) in [6, 6.07) is 0. The lowest BCUT2D eigenvalue weighted by atomic mass is 9.75. The van der Waals surface area contributed by atoms with Crippen molar-refractivity contribution in [1.82, 2.24) is 15.1 Å². The second-order valence-electron chi connectivity index (χ2n) is 5.48. The second kappa shape index (κ2) is 5.36. The van der Waals surface area contributed by atoms with Crippen LogP contribution in [0.3, 0.4) is 0 Å². The molecule has 2 fully saturated rings. The molecule has 0 atom stereocenters. The van der Waals surface area contributed by atoms with Gasteiger partial charge in [-0.2, -0.15) is 0 Å². The van der Waals surface area contributed by atoms with E-state index in [0.29, 0.717) is 17.9 Å². The van der Waals surface area contributed by atoms with Crippen LogP contribution in [0, 0.1) is 5.41 Å². The summed E-state index contributed by atoms with van der Waals surface area (Å²) in [6.07, 6.45) is 2.48. The molecule has 1 N–H and O–H groups in total. The van der Waals surface area contributed by atoms with Crippen molar-refractivity contribution in [1.29, 1.82) is 0 Å². The summed E-state index contributed by atoms with van der Waals surface area (Å²) in [7, 11) is 0. The van der Waals surface area contributed by atoms with Crippen LogP contribution in [0.25, 0.3) is 0 Å². The summed E-state index contributed by atoms with van der Waals surface area (Å²) in [5.74, 6) is 0.312. The van der Waals surface area contributed by atoms with Crippen molar-refractivity contribution < 1.29 is 4.79 Å². The van der Waals surface area contributed by atoms with E-state index in [1.54, 1.807) is 0 Å². The normalized spacial score (nSPS) is 24.5. The van der Waals surface area contributed by atoms with Crippen molar-refractivity contribution in [3.8, 4) is 0 Å². The van der Waals surface area contributed by atoms with Crippen LogP contribution in [0.4, 0.5) is 0 Å². The Kier molecular flexibility index (Phi) is 4.05. The zero-order valence-electron chi connectivity index (χ0n) is 11.2. The number of nitrogens with zero attached hydrogens (tertiary/aromatic N) is 2. The summed E-state index contributed by atoms with van der Waals surface area (Å²) in [6.45, 7) is 11.0. The van der Waals surface area contributed by atoms with E-state index in [2.05, 4.69) is 24.1 Å². The van der Waals surface area contributed by atoms with E-state index in [9.17, 15) is 4.79 Å². The Balaban J connectivity index is 1.74. The lowest BCUT2D eigenvalue weighted by Gasteiger charge is -2.50. The zero-order valence-corrected chi connectivity index (χ0v) is 11.2. The maximum absolute atomic E-state index is 12.0. The molecule has 2 aliphatic heterocycles. The van der Waals surface area contributed by atoms with Gasteiger partial charge in [0.25, 0.3) is 0 Å². The highest BCUT2D eigenvalue weighted by molar-refractivity contribution is 5.78. The first-order valence-corrected chi connectivity index (χ1v) is 6.90. The van der Waals surface area contributed by atoms with Crippen LogP contribution >= 0.6 is 0 Å². The number of piperazine rings is 1. The van der Waals surface area contributed by atoms with Crippen molar-refractivity contribution in [2.75, 3.05) is 45.8 Å². The van der Waals surface area contributed by atoms with Gasteiger partial charge in [0.2, 0.25) is 5.91 Å². The van der Waals surface area contributed by atoms with Crippen LogP contribution in [0.5, 0.6) is 0 Å². The van der Waals surface area contributed by atoms with E-state index in [1.165, 1.54) is 12.8 Å².